The van der Waals surface area contributed by atoms with E-state index < -0.39 is 0 Å². The number of hydrogen-bond acceptors (Lipinski definition) is 4. The monoisotopic (exact) mass is 326 g/mol. The average molecular weight is 326 g/mol. The average Bonchev–Trinajstić information content (AvgIpc) is 2.63. The molecule has 4 nitrogen and oxygen atoms in total. The first-order chi connectivity index (χ1) is 11.3. The second-order valence-electron chi connectivity index (χ2n) is 7.58. The van der Waals surface area contributed by atoms with Crippen LogP contribution in [0.2, 0.25) is 0 Å². The van der Waals surface area contributed by atoms with Crippen molar-refractivity contribution in [2.45, 2.75) is 51.6 Å². The van der Waals surface area contributed by atoms with E-state index in [1.807, 2.05) is 26.8 Å². The van der Waals surface area contributed by atoms with E-state index in [9.17, 15) is 15.3 Å². The molecular formula is C20H22O4. The number of fused-ring (bicyclic) bond motifs is 2. The van der Waals surface area contributed by atoms with Gasteiger partial charge in [-0.3, -0.25) is 0 Å². The molecule has 2 aromatic rings. The Morgan fingerprint density at radius 3 is 2.33 bits per heavy atom. The zero-order valence-corrected chi connectivity index (χ0v) is 14.2. The molecule has 3 N–H and O–H groups in total. The molecule has 1 aliphatic heterocycles. The predicted molar refractivity (Wildman–Crippen MR) is 91.2 cm³/mol. The van der Waals surface area contributed by atoms with Gasteiger partial charge in [-0.05, 0) is 74.9 Å². The Kier molecular flexibility index (Phi) is 3.05. The van der Waals surface area contributed by atoms with Gasteiger partial charge >= 0.3 is 0 Å². The van der Waals surface area contributed by atoms with Gasteiger partial charge in [-0.25, -0.2) is 0 Å². The van der Waals surface area contributed by atoms with Crippen molar-refractivity contribution < 1.29 is 20.1 Å². The van der Waals surface area contributed by atoms with Crippen LogP contribution in [0.15, 0.2) is 18.2 Å². The molecule has 1 aliphatic carbocycles. The van der Waals surface area contributed by atoms with Crippen LogP contribution in [0.3, 0.4) is 0 Å². The van der Waals surface area contributed by atoms with Crippen molar-refractivity contribution in [1.29, 1.82) is 0 Å². The van der Waals surface area contributed by atoms with Gasteiger partial charge in [0, 0.05) is 17.0 Å². The van der Waals surface area contributed by atoms with Crippen molar-refractivity contribution in [3.63, 3.8) is 0 Å². The minimum atomic E-state index is -0.372. The van der Waals surface area contributed by atoms with E-state index in [0.717, 1.165) is 52.8 Å². The molecule has 1 unspecified atom stereocenters. The minimum Gasteiger partial charge on any atom is -0.508 e. The van der Waals surface area contributed by atoms with Gasteiger partial charge in [-0.2, -0.15) is 0 Å². The molecule has 2 aromatic carbocycles. The molecular weight excluding hydrogens is 304 g/mol. The maximum Gasteiger partial charge on any atom is 0.157 e. The molecule has 0 saturated carbocycles. The highest BCUT2D eigenvalue weighted by molar-refractivity contribution is 5.61. The summed E-state index contributed by atoms with van der Waals surface area (Å²) in [5, 5.41) is 30.2. The van der Waals surface area contributed by atoms with Gasteiger partial charge in [0.1, 0.15) is 17.1 Å². The topological polar surface area (TPSA) is 69.9 Å². The summed E-state index contributed by atoms with van der Waals surface area (Å²) in [6.07, 6.45) is 2.32. The number of benzene rings is 2. The van der Waals surface area contributed by atoms with Gasteiger partial charge in [0.25, 0.3) is 0 Å². The molecule has 24 heavy (non-hydrogen) atoms. The fraction of sp³-hybridized carbons (Fsp3) is 0.400. The summed E-state index contributed by atoms with van der Waals surface area (Å²) < 4.78 is 6.23. The Morgan fingerprint density at radius 1 is 0.958 bits per heavy atom. The second kappa shape index (κ2) is 4.82. The standard InChI is InChI=1S/C20H22O4/c1-10-15(21)7-12-5-4-11-6-16(22)17(23)8-13(11)14-9-20(2,3)24-19(10)18(12)14/h6-8,14,21-23H,4-5,9H2,1-3H3. The zero-order chi connectivity index (χ0) is 17.2. The Morgan fingerprint density at radius 2 is 1.58 bits per heavy atom. The van der Waals surface area contributed by atoms with E-state index in [2.05, 4.69) is 0 Å². The van der Waals surface area contributed by atoms with Gasteiger partial charge in [0.15, 0.2) is 11.5 Å². The summed E-state index contributed by atoms with van der Waals surface area (Å²) in [7, 11) is 0. The molecule has 1 atom stereocenters. The molecule has 126 valence electrons. The van der Waals surface area contributed by atoms with Crippen LogP contribution in [0.25, 0.3) is 0 Å². The zero-order valence-electron chi connectivity index (χ0n) is 14.2. The van der Waals surface area contributed by atoms with Crippen LogP contribution in [-0.4, -0.2) is 20.9 Å². The van der Waals surface area contributed by atoms with E-state index in [1.54, 1.807) is 12.1 Å². The molecule has 0 radical (unpaired) electrons. The molecule has 4 heteroatoms. The lowest BCUT2D eigenvalue weighted by Gasteiger charge is -2.39. The third kappa shape index (κ3) is 2.13. The number of rotatable bonds is 0. The fourth-order valence-corrected chi connectivity index (χ4v) is 4.16. The van der Waals surface area contributed by atoms with Crippen LogP contribution >= 0.6 is 0 Å². The lowest BCUT2D eigenvalue weighted by molar-refractivity contribution is 0.0758. The highest BCUT2D eigenvalue weighted by Crippen LogP contribution is 2.52. The largest absolute Gasteiger partial charge is 0.508 e. The van der Waals surface area contributed by atoms with Crippen LogP contribution < -0.4 is 4.74 Å². The fourth-order valence-electron chi connectivity index (χ4n) is 4.16. The van der Waals surface area contributed by atoms with Crippen LogP contribution in [0.4, 0.5) is 0 Å². The first-order valence-corrected chi connectivity index (χ1v) is 8.36. The predicted octanol–water partition coefficient (Wildman–Crippen LogP) is 3.90. The van der Waals surface area contributed by atoms with Gasteiger partial charge < -0.3 is 20.1 Å². The first kappa shape index (κ1) is 15.2. The number of hydrogen-bond donors (Lipinski definition) is 3. The normalized spacial score (nSPS) is 20.5. The summed E-state index contributed by atoms with van der Waals surface area (Å²) in [6, 6.07) is 5.21. The number of phenolic OH excluding ortho intramolecular Hbond substituents is 3. The summed E-state index contributed by atoms with van der Waals surface area (Å²) >= 11 is 0. The molecule has 0 saturated heterocycles. The smallest absolute Gasteiger partial charge is 0.157 e. The minimum absolute atomic E-state index is 0.0784. The maximum absolute atomic E-state index is 10.3. The third-order valence-corrected chi connectivity index (χ3v) is 5.32. The van der Waals surface area contributed by atoms with Gasteiger partial charge in [-0.1, -0.05) is 0 Å². The third-order valence-electron chi connectivity index (χ3n) is 5.32. The Labute approximate surface area is 141 Å². The van der Waals surface area contributed by atoms with E-state index in [4.69, 9.17) is 4.74 Å². The van der Waals surface area contributed by atoms with E-state index in [1.165, 1.54) is 0 Å². The van der Waals surface area contributed by atoms with Crippen LogP contribution in [-0.2, 0) is 12.8 Å². The van der Waals surface area contributed by atoms with Gasteiger partial charge in [-0.15, -0.1) is 0 Å². The highest BCUT2D eigenvalue weighted by atomic mass is 16.5. The van der Waals surface area contributed by atoms with Crippen molar-refractivity contribution in [1.82, 2.24) is 0 Å². The summed E-state index contributed by atoms with van der Waals surface area (Å²) in [5.74, 6) is 0.953. The van der Waals surface area contributed by atoms with E-state index in [-0.39, 0.29) is 28.8 Å². The Hall–Kier alpha value is -2.36. The quantitative estimate of drug-likeness (QED) is 0.642. The number of ether oxygens (including phenoxy) is 1. The second-order valence-corrected chi connectivity index (χ2v) is 7.58. The van der Waals surface area contributed by atoms with Crippen LogP contribution in [0.1, 0.15) is 54.0 Å². The molecule has 1 heterocycles. The number of aromatic hydroxyl groups is 3. The molecule has 0 fully saturated rings. The molecule has 0 aromatic heterocycles. The van der Waals surface area contributed by atoms with E-state index in [0.29, 0.717) is 0 Å². The Bertz CT molecular complexity index is 851. The van der Waals surface area contributed by atoms with Crippen molar-refractivity contribution in [2.75, 3.05) is 0 Å². The van der Waals surface area contributed by atoms with Crippen molar-refractivity contribution >= 4 is 0 Å². The summed E-state index contributed by atoms with van der Waals surface area (Å²) in [6.45, 7) is 5.97. The Balaban J connectivity index is 2.03. The van der Waals surface area contributed by atoms with Crippen LogP contribution in [0, 0.1) is 6.92 Å². The lowest BCUT2D eigenvalue weighted by Crippen LogP contribution is -2.36. The molecule has 4 rings (SSSR count). The number of aryl methyl sites for hydroxylation is 2. The summed E-state index contributed by atoms with van der Waals surface area (Å²) in [4.78, 5) is 0. The molecule has 0 amide bonds. The first-order valence-electron chi connectivity index (χ1n) is 8.36. The number of phenols is 3. The lowest BCUT2D eigenvalue weighted by atomic mass is 9.77. The summed E-state index contributed by atoms with van der Waals surface area (Å²) in [5.41, 5.74) is 4.69. The van der Waals surface area contributed by atoms with Crippen LogP contribution in [0.5, 0.6) is 23.0 Å². The van der Waals surface area contributed by atoms with Crippen molar-refractivity contribution in [3.8, 4) is 23.0 Å². The molecule has 0 bridgehead atoms. The van der Waals surface area contributed by atoms with Gasteiger partial charge in [0.2, 0.25) is 0 Å². The molecule has 2 aliphatic rings. The highest BCUT2D eigenvalue weighted by Gasteiger charge is 2.39. The van der Waals surface area contributed by atoms with Crippen molar-refractivity contribution in [2.24, 2.45) is 0 Å². The maximum atomic E-state index is 10.3. The SMILES string of the molecule is Cc1c(O)cc2c3c1OC(C)(C)CC3c1cc(O)c(O)cc1CC2. The van der Waals surface area contributed by atoms with Crippen molar-refractivity contribution in [3.05, 3.63) is 46.0 Å². The molecule has 0 spiro atoms. The van der Waals surface area contributed by atoms with Gasteiger partial charge in [0.05, 0.1) is 0 Å². The van der Waals surface area contributed by atoms with E-state index >= 15 is 0 Å².